The smallest absolute Gasteiger partial charge is 0.244 e. The van der Waals surface area contributed by atoms with E-state index in [4.69, 9.17) is 0 Å². The van der Waals surface area contributed by atoms with E-state index in [1.54, 1.807) is 6.20 Å². The monoisotopic (exact) mass is 252 g/mol. The maximum Gasteiger partial charge on any atom is 0.244 e. The Morgan fingerprint density at radius 3 is 2.61 bits per heavy atom. The van der Waals surface area contributed by atoms with Gasteiger partial charge in [0, 0.05) is 12.1 Å². The molecule has 0 aliphatic heterocycles. The van der Waals surface area contributed by atoms with E-state index in [2.05, 4.69) is 65.6 Å². The number of nitrogens with zero attached hydrogens (tertiary/aromatic N) is 4. The fourth-order valence-corrected chi connectivity index (χ4v) is 1.42. The van der Waals surface area contributed by atoms with E-state index in [-0.39, 0.29) is 5.54 Å². The summed E-state index contributed by atoms with van der Waals surface area (Å²) in [6.45, 7) is 8.14. The number of anilines is 2. The third-order valence-corrected chi connectivity index (χ3v) is 2.13. The standard InChI is InChI=1S/C12H24N6/c1-12(2,3)16-10-9-14-17-11(15-10)13-7-6-8-18(4)5/h9H,6-8H2,1-5H3,(H2,13,15,16,17). The van der Waals surface area contributed by atoms with Crippen molar-refractivity contribution in [2.75, 3.05) is 37.8 Å². The van der Waals surface area contributed by atoms with E-state index >= 15 is 0 Å². The molecule has 0 saturated heterocycles. The molecule has 6 nitrogen and oxygen atoms in total. The topological polar surface area (TPSA) is 66.0 Å². The molecule has 0 bridgehead atoms. The Labute approximate surface area is 109 Å². The van der Waals surface area contributed by atoms with Crippen LogP contribution in [0, 0.1) is 0 Å². The Bertz CT molecular complexity index is 358. The molecule has 0 fully saturated rings. The molecule has 1 heterocycles. The van der Waals surface area contributed by atoms with E-state index < -0.39 is 0 Å². The molecule has 18 heavy (non-hydrogen) atoms. The maximum atomic E-state index is 4.37. The van der Waals surface area contributed by atoms with Crippen molar-refractivity contribution >= 4 is 11.8 Å². The van der Waals surface area contributed by atoms with Gasteiger partial charge in [0.05, 0.1) is 6.20 Å². The fourth-order valence-electron chi connectivity index (χ4n) is 1.42. The van der Waals surface area contributed by atoms with E-state index in [1.807, 2.05) is 0 Å². The van der Waals surface area contributed by atoms with Crippen LogP contribution in [0.2, 0.25) is 0 Å². The van der Waals surface area contributed by atoms with Crippen molar-refractivity contribution in [2.24, 2.45) is 0 Å². The van der Waals surface area contributed by atoms with Gasteiger partial charge in [-0.25, -0.2) is 0 Å². The molecule has 0 saturated carbocycles. The summed E-state index contributed by atoms with van der Waals surface area (Å²) in [7, 11) is 4.12. The van der Waals surface area contributed by atoms with Crippen LogP contribution in [-0.4, -0.2) is 52.8 Å². The molecule has 102 valence electrons. The van der Waals surface area contributed by atoms with Crippen LogP contribution in [0.5, 0.6) is 0 Å². The Hall–Kier alpha value is -1.43. The second-order valence-corrected chi connectivity index (χ2v) is 5.62. The highest BCUT2D eigenvalue weighted by molar-refractivity contribution is 5.38. The lowest BCUT2D eigenvalue weighted by atomic mass is 10.1. The summed E-state index contributed by atoms with van der Waals surface area (Å²) < 4.78 is 0. The first kappa shape index (κ1) is 14.6. The Morgan fingerprint density at radius 1 is 1.28 bits per heavy atom. The van der Waals surface area contributed by atoms with Crippen LogP contribution in [0.1, 0.15) is 27.2 Å². The molecule has 0 aromatic carbocycles. The number of rotatable bonds is 6. The molecule has 1 rings (SSSR count). The van der Waals surface area contributed by atoms with Gasteiger partial charge in [0.1, 0.15) is 0 Å². The molecule has 0 spiro atoms. The normalized spacial score (nSPS) is 11.7. The molecular weight excluding hydrogens is 228 g/mol. The average Bonchev–Trinajstić information content (AvgIpc) is 2.22. The summed E-state index contributed by atoms with van der Waals surface area (Å²) in [5, 5.41) is 14.3. The third kappa shape index (κ3) is 6.34. The van der Waals surface area contributed by atoms with E-state index in [0.29, 0.717) is 5.95 Å². The molecular formula is C12H24N6. The molecule has 2 N–H and O–H groups in total. The molecule has 0 atom stereocenters. The molecule has 0 aliphatic carbocycles. The zero-order chi connectivity index (χ0) is 13.6. The van der Waals surface area contributed by atoms with E-state index in [1.165, 1.54) is 0 Å². The van der Waals surface area contributed by atoms with Gasteiger partial charge in [-0.3, -0.25) is 0 Å². The van der Waals surface area contributed by atoms with Gasteiger partial charge in [-0.2, -0.15) is 10.1 Å². The number of hydrogen-bond donors (Lipinski definition) is 2. The van der Waals surface area contributed by atoms with Crippen LogP contribution in [0.4, 0.5) is 11.8 Å². The largest absolute Gasteiger partial charge is 0.364 e. The van der Waals surface area contributed by atoms with Crippen molar-refractivity contribution < 1.29 is 0 Å². The number of hydrogen-bond acceptors (Lipinski definition) is 6. The predicted molar refractivity (Wildman–Crippen MR) is 74.9 cm³/mol. The first-order chi connectivity index (χ1) is 8.37. The van der Waals surface area contributed by atoms with E-state index in [9.17, 15) is 0 Å². The van der Waals surface area contributed by atoms with Crippen molar-refractivity contribution in [1.29, 1.82) is 0 Å². The van der Waals surface area contributed by atoms with Crippen LogP contribution in [0.3, 0.4) is 0 Å². The van der Waals surface area contributed by atoms with Crippen LogP contribution < -0.4 is 10.6 Å². The summed E-state index contributed by atoms with van der Waals surface area (Å²) in [4.78, 5) is 6.52. The Balaban J connectivity index is 2.44. The SMILES string of the molecule is CN(C)CCCNc1nncc(NC(C)(C)C)n1. The minimum absolute atomic E-state index is 0.0295. The van der Waals surface area contributed by atoms with Gasteiger partial charge < -0.3 is 15.5 Å². The summed E-state index contributed by atoms with van der Waals surface area (Å²) in [5.74, 6) is 1.32. The van der Waals surface area contributed by atoms with Crippen molar-refractivity contribution in [3.05, 3.63) is 6.20 Å². The molecule has 0 unspecified atom stereocenters. The second kappa shape index (κ2) is 6.49. The van der Waals surface area contributed by atoms with Gasteiger partial charge in [-0.1, -0.05) is 0 Å². The Morgan fingerprint density at radius 2 is 2.00 bits per heavy atom. The van der Waals surface area contributed by atoms with Gasteiger partial charge >= 0.3 is 0 Å². The van der Waals surface area contributed by atoms with Gasteiger partial charge in [-0.05, 0) is 47.8 Å². The van der Waals surface area contributed by atoms with E-state index in [0.717, 1.165) is 25.3 Å². The second-order valence-electron chi connectivity index (χ2n) is 5.62. The lowest BCUT2D eigenvalue weighted by Gasteiger charge is -2.20. The third-order valence-electron chi connectivity index (χ3n) is 2.13. The van der Waals surface area contributed by atoms with Crippen molar-refractivity contribution in [2.45, 2.75) is 32.7 Å². The van der Waals surface area contributed by atoms with Crippen LogP contribution in [0.25, 0.3) is 0 Å². The molecule has 1 aromatic rings. The summed E-state index contributed by atoms with van der Waals surface area (Å²) >= 11 is 0. The fraction of sp³-hybridized carbons (Fsp3) is 0.750. The summed E-state index contributed by atoms with van der Waals surface area (Å²) in [6.07, 6.45) is 2.68. The highest BCUT2D eigenvalue weighted by Crippen LogP contribution is 2.11. The van der Waals surface area contributed by atoms with Crippen molar-refractivity contribution in [1.82, 2.24) is 20.1 Å². The highest BCUT2D eigenvalue weighted by Gasteiger charge is 2.10. The molecule has 1 aromatic heterocycles. The van der Waals surface area contributed by atoms with Crippen molar-refractivity contribution in [3.63, 3.8) is 0 Å². The molecule has 0 aliphatic rings. The molecule has 0 radical (unpaired) electrons. The van der Waals surface area contributed by atoms with Gasteiger partial charge in [0.25, 0.3) is 0 Å². The summed E-state index contributed by atoms with van der Waals surface area (Å²) in [5.41, 5.74) is -0.0295. The lowest BCUT2D eigenvalue weighted by Crippen LogP contribution is -2.27. The molecule has 0 amide bonds. The highest BCUT2D eigenvalue weighted by atomic mass is 15.3. The predicted octanol–water partition coefficient (Wildman–Crippen LogP) is 1.45. The zero-order valence-electron chi connectivity index (χ0n) is 12.0. The maximum absolute atomic E-state index is 4.37. The van der Waals surface area contributed by atoms with Crippen LogP contribution >= 0.6 is 0 Å². The minimum Gasteiger partial charge on any atom is -0.364 e. The first-order valence-electron chi connectivity index (χ1n) is 6.23. The first-order valence-corrected chi connectivity index (χ1v) is 6.23. The van der Waals surface area contributed by atoms with Gasteiger partial charge in [0.2, 0.25) is 5.95 Å². The lowest BCUT2D eigenvalue weighted by molar-refractivity contribution is 0.405. The van der Waals surface area contributed by atoms with Crippen LogP contribution in [-0.2, 0) is 0 Å². The Kier molecular flexibility index (Phi) is 5.27. The zero-order valence-corrected chi connectivity index (χ0v) is 12.0. The molecule has 6 heteroatoms. The van der Waals surface area contributed by atoms with Crippen LogP contribution in [0.15, 0.2) is 6.20 Å². The minimum atomic E-state index is -0.0295. The number of aromatic nitrogens is 3. The van der Waals surface area contributed by atoms with Gasteiger partial charge in [0.15, 0.2) is 5.82 Å². The summed E-state index contributed by atoms with van der Waals surface area (Å²) in [6, 6.07) is 0. The van der Waals surface area contributed by atoms with Crippen molar-refractivity contribution in [3.8, 4) is 0 Å². The average molecular weight is 252 g/mol. The quantitative estimate of drug-likeness (QED) is 0.747. The number of nitrogens with one attached hydrogen (secondary N) is 2. The van der Waals surface area contributed by atoms with Gasteiger partial charge in [-0.15, -0.1) is 5.10 Å².